The molecule has 1 atom stereocenters. The highest BCUT2D eigenvalue weighted by molar-refractivity contribution is 9.10. The molecular formula is C14H18BrFN2O. The molecule has 1 amide bonds. The first-order chi connectivity index (χ1) is 9.13. The maximum absolute atomic E-state index is 13.8. The average Bonchev–Trinajstić information content (AvgIpc) is 2.39. The highest BCUT2D eigenvalue weighted by Crippen LogP contribution is 2.25. The van der Waals surface area contributed by atoms with Crippen molar-refractivity contribution in [1.82, 2.24) is 4.90 Å². The van der Waals surface area contributed by atoms with Crippen molar-refractivity contribution in [1.29, 1.82) is 0 Å². The first-order valence-corrected chi connectivity index (χ1v) is 7.36. The van der Waals surface area contributed by atoms with Gasteiger partial charge in [0.1, 0.15) is 5.82 Å². The van der Waals surface area contributed by atoms with E-state index in [2.05, 4.69) is 15.9 Å². The number of nitrogens with zero attached hydrogens (tertiary/aromatic N) is 1. The van der Waals surface area contributed by atoms with Crippen molar-refractivity contribution < 1.29 is 9.18 Å². The van der Waals surface area contributed by atoms with Crippen molar-refractivity contribution >= 4 is 21.8 Å². The topological polar surface area (TPSA) is 46.3 Å². The van der Waals surface area contributed by atoms with Crippen molar-refractivity contribution in [3.05, 3.63) is 34.1 Å². The summed E-state index contributed by atoms with van der Waals surface area (Å²) in [6.07, 6.45) is 2.98. The number of hydrogen-bond acceptors (Lipinski definition) is 2. The molecule has 1 heterocycles. The molecule has 104 valence electrons. The zero-order valence-corrected chi connectivity index (χ0v) is 12.3. The lowest BCUT2D eigenvalue weighted by molar-refractivity contribution is 0.0664. The van der Waals surface area contributed by atoms with Crippen molar-refractivity contribution in [2.75, 3.05) is 19.6 Å². The Morgan fingerprint density at radius 1 is 1.53 bits per heavy atom. The van der Waals surface area contributed by atoms with Crippen LogP contribution in [0, 0.1) is 11.7 Å². The van der Waals surface area contributed by atoms with Gasteiger partial charge in [-0.1, -0.05) is 6.07 Å². The standard InChI is InChI=1S/C14H18BrFN2O/c15-11-4-1-5-12(16)13(11)14(19)18-8-2-3-10(9-18)6-7-17/h1,4-5,10H,2-3,6-9,17H2. The number of halogens is 2. The summed E-state index contributed by atoms with van der Waals surface area (Å²) in [5.41, 5.74) is 5.70. The van der Waals surface area contributed by atoms with E-state index in [0.717, 1.165) is 19.3 Å². The largest absolute Gasteiger partial charge is 0.338 e. The Labute approximate surface area is 121 Å². The van der Waals surface area contributed by atoms with E-state index in [1.54, 1.807) is 17.0 Å². The first-order valence-electron chi connectivity index (χ1n) is 6.57. The van der Waals surface area contributed by atoms with Crippen LogP contribution in [0.15, 0.2) is 22.7 Å². The summed E-state index contributed by atoms with van der Waals surface area (Å²) < 4.78 is 14.3. The van der Waals surface area contributed by atoms with Gasteiger partial charge in [-0.3, -0.25) is 4.79 Å². The number of carbonyl (C=O) groups is 1. The molecule has 0 saturated carbocycles. The molecule has 3 nitrogen and oxygen atoms in total. The van der Waals surface area contributed by atoms with Gasteiger partial charge in [0.15, 0.2) is 0 Å². The van der Waals surface area contributed by atoms with Gasteiger partial charge in [0.05, 0.1) is 5.56 Å². The van der Waals surface area contributed by atoms with Gasteiger partial charge in [-0.15, -0.1) is 0 Å². The summed E-state index contributed by atoms with van der Waals surface area (Å²) in [7, 11) is 0. The van der Waals surface area contributed by atoms with Gasteiger partial charge < -0.3 is 10.6 Å². The van der Waals surface area contributed by atoms with Gasteiger partial charge in [-0.2, -0.15) is 0 Å². The van der Waals surface area contributed by atoms with Crippen LogP contribution >= 0.6 is 15.9 Å². The van der Waals surface area contributed by atoms with Crippen molar-refractivity contribution in [2.45, 2.75) is 19.3 Å². The molecule has 0 spiro atoms. The summed E-state index contributed by atoms with van der Waals surface area (Å²) in [5.74, 6) is -0.264. The Balaban J connectivity index is 2.15. The van der Waals surface area contributed by atoms with E-state index in [-0.39, 0.29) is 11.5 Å². The summed E-state index contributed by atoms with van der Waals surface area (Å²) in [6, 6.07) is 4.60. The normalized spacial score (nSPS) is 19.5. The minimum Gasteiger partial charge on any atom is -0.338 e. The molecule has 1 unspecified atom stereocenters. The van der Waals surface area contributed by atoms with Gasteiger partial charge in [0.25, 0.3) is 5.91 Å². The van der Waals surface area contributed by atoms with Crippen molar-refractivity contribution in [3.8, 4) is 0 Å². The second kappa shape index (κ2) is 6.48. The van der Waals surface area contributed by atoms with Crippen LogP contribution in [-0.2, 0) is 0 Å². The maximum Gasteiger partial charge on any atom is 0.257 e. The molecule has 0 radical (unpaired) electrons. The third-order valence-electron chi connectivity index (χ3n) is 3.56. The van der Waals surface area contributed by atoms with Gasteiger partial charge >= 0.3 is 0 Å². The molecule has 0 bridgehead atoms. The third kappa shape index (κ3) is 3.34. The lowest BCUT2D eigenvalue weighted by Gasteiger charge is -2.33. The molecule has 1 saturated heterocycles. The lowest BCUT2D eigenvalue weighted by Crippen LogP contribution is -2.40. The zero-order valence-electron chi connectivity index (χ0n) is 10.7. The molecule has 5 heteroatoms. The molecule has 0 aromatic heterocycles. The summed E-state index contributed by atoms with van der Waals surface area (Å²) in [6.45, 7) is 2.01. The fourth-order valence-corrected chi connectivity index (χ4v) is 3.09. The maximum atomic E-state index is 13.8. The van der Waals surface area contributed by atoms with E-state index in [9.17, 15) is 9.18 Å². The molecule has 1 aromatic rings. The predicted molar refractivity (Wildman–Crippen MR) is 76.4 cm³/mol. The van der Waals surface area contributed by atoms with Crippen LogP contribution in [0.1, 0.15) is 29.6 Å². The third-order valence-corrected chi connectivity index (χ3v) is 4.22. The zero-order chi connectivity index (χ0) is 13.8. The summed E-state index contributed by atoms with van der Waals surface area (Å²) in [5, 5.41) is 0. The van der Waals surface area contributed by atoms with Gasteiger partial charge in [0.2, 0.25) is 0 Å². The first kappa shape index (κ1) is 14.5. The van der Waals surface area contributed by atoms with Crippen LogP contribution in [0.4, 0.5) is 4.39 Å². The monoisotopic (exact) mass is 328 g/mol. The minimum atomic E-state index is -0.472. The van der Waals surface area contributed by atoms with E-state index >= 15 is 0 Å². The smallest absolute Gasteiger partial charge is 0.257 e. The molecule has 2 rings (SSSR count). The molecule has 19 heavy (non-hydrogen) atoms. The van der Waals surface area contributed by atoms with E-state index in [1.165, 1.54) is 6.07 Å². The number of hydrogen-bond donors (Lipinski definition) is 1. The Morgan fingerprint density at radius 2 is 2.32 bits per heavy atom. The molecule has 0 aliphatic carbocycles. The number of rotatable bonds is 3. The Hall–Kier alpha value is -0.940. The molecule has 1 fully saturated rings. The lowest BCUT2D eigenvalue weighted by atomic mass is 9.94. The SMILES string of the molecule is NCCC1CCCN(C(=O)c2c(F)cccc2Br)C1. The second-order valence-electron chi connectivity index (χ2n) is 4.93. The number of nitrogens with two attached hydrogens (primary N) is 1. The number of amides is 1. The van der Waals surface area contributed by atoms with Crippen LogP contribution in [0.2, 0.25) is 0 Å². The van der Waals surface area contributed by atoms with Gasteiger partial charge in [-0.25, -0.2) is 4.39 Å². The van der Waals surface area contributed by atoms with Crippen LogP contribution in [0.25, 0.3) is 0 Å². The molecule has 1 aliphatic rings. The molecule has 1 aromatic carbocycles. The van der Waals surface area contributed by atoms with E-state index in [1.807, 2.05) is 0 Å². The van der Waals surface area contributed by atoms with E-state index < -0.39 is 5.82 Å². The quantitative estimate of drug-likeness (QED) is 0.927. The fraction of sp³-hybridized carbons (Fsp3) is 0.500. The average molecular weight is 329 g/mol. The Bertz CT molecular complexity index is 445. The summed E-state index contributed by atoms with van der Waals surface area (Å²) in [4.78, 5) is 14.2. The Morgan fingerprint density at radius 3 is 3.00 bits per heavy atom. The number of likely N-dealkylation sites (tertiary alicyclic amines) is 1. The van der Waals surface area contributed by atoms with Gasteiger partial charge in [-0.05, 0) is 59.8 Å². The van der Waals surface area contributed by atoms with Crippen LogP contribution in [-0.4, -0.2) is 30.4 Å². The molecule has 1 aliphatic heterocycles. The van der Waals surface area contributed by atoms with Crippen molar-refractivity contribution in [2.24, 2.45) is 11.7 Å². The number of carbonyl (C=O) groups excluding carboxylic acids is 1. The predicted octanol–water partition coefficient (Wildman–Crippen LogP) is 2.79. The molecular weight excluding hydrogens is 311 g/mol. The number of benzene rings is 1. The Kier molecular flexibility index (Phi) is 4.93. The van der Waals surface area contributed by atoms with Crippen LogP contribution < -0.4 is 5.73 Å². The highest BCUT2D eigenvalue weighted by Gasteiger charge is 2.26. The second-order valence-corrected chi connectivity index (χ2v) is 5.79. The van der Waals surface area contributed by atoms with E-state index in [4.69, 9.17) is 5.73 Å². The summed E-state index contributed by atoms with van der Waals surface area (Å²) >= 11 is 3.25. The number of piperidine rings is 1. The van der Waals surface area contributed by atoms with Gasteiger partial charge in [0, 0.05) is 17.6 Å². The molecule has 2 N–H and O–H groups in total. The van der Waals surface area contributed by atoms with Crippen LogP contribution in [0.5, 0.6) is 0 Å². The highest BCUT2D eigenvalue weighted by atomic mass is 79.9. The van der Waals surface area contributed by atoms with E-state index in [0.29, 0.717) is 30.0 Å². The van der Waals surface area contributed by atoms with Crippen molar-refractivity contribution in [3.63, 3.8) is 0 Å². The fourth-order valence-electron chi connectivity index (χ4n) is 2.58. The minimum absolute atomic E-state index is 0.135. The van der Waals surface area contributed by atoms with Crippen LogP contribution in [0.3, 0.4) is 0 Å².